The Hall–Kier alpha value is -2.54. The molecule has 3 aromatic rings. The van der Waals surface area contributed by atoms with Gasteiger partial charge in [-0.3, -0.25) is 4.79 Å². The first kappa shape index (κ1) is 16.9. The van der Waals surface area contributed by atoms with Gasteiger partial charge in [0.2, 0.25) is 5.91 Å². The molecule has 0 spiro atoms. The van der Waals surface area contributed by atoms with E-state index in [1.165, 1.54) is 11.8 Å². The lowest BCUT2D eigenvalue weighted by molar-refractivity contribution is -0.120. The summed E-state index contributed by atoms with van der Waals surface area (Å²) in [5.41, 5.74) is 1.87. The SMILES string of the molecule is Cc1occc1-c1nnc(S[C@@H](C(=O)NC2CC2)c2ccccc2)n1C. The Morgan fingerprint density at radius 1 is 1.27 bits per heavy atom. The van der Waals surface area contributed by atoms with Crippen molar-refractivity contribution in [1.29, 1.82) is 0 Å². The first-order valence-electron chi connectivity index (χ1n) is 8.59. The number of aryl methyl sites for hydroxylation is 1. The summed E-state index contributed by atoms with van der Waals surface area (Å²) in [5, 5.41) is 12.0. The summed E-state index contributed by atoms with van der Waals surface area (Å²) in [7, 11) is 1.91. The van der Waals surface area contributed by atoms with Crippen molar-refractivity contribution >= 4 is 17.7 Å². The number of amides is 1. The molecule has 7 heteroatoms. The van der Waals surface area contributed by atoms with E-state index in [4.69, 9.17) is 4.42 Å². The molecular formula is C19H20N4O2S. The van der Waals surface area contributed by atoms with Crippen molar-refractivity contribution < 1.29 is 9.21 Å². The van der Waals surface area contributed by atoms with Crippen molar-refractivity contribution in [3.05, 3.63) is 54.0 Å². The molecule has 134 valence electrons. The minimum absolute atomic E-state index is 0.0211. The van der Waals surface area contributed by atoms with Crippen LogP contribution in [0.1, 0.15) is 29.4 Å². The van der Waals surface area contributed by atoms with Gasteiger partial charge in [0, 0.05) is 13.1 Å². The second-order valence-electron chi connectivity index (χ2n) is 6.45. The van der Waals surface area contributed by atoms with Gasteiger partial charge in [0.1, 0.15) is 11.0 Å². The van der Waals surface area contributed by atoms with Gasteiger partial charge in [-0.05, 0) is 31.4 Å². The van der Waals surface area contributed by atoms with Crippen molar-refractivity contribution in [2.75, 3.05) is 0 Å². The third-order valence-electron chi connectivity index (χ3n) is 4.42. The molecule has 1 atom stereocenters. The number of nitrogens with one attached hydrogen (secondary N) is 1. The van der Waals surface area contributed by atoms with E-state index in [0.29, 0.717) is 11.2 Å². The number of nitrogens with zero attached hydrogens (tertiary/aromatic N) is 3. The molecule has 0 aliphatic heterocycles. The molecule has 0 radical (unpaired) electrons. The molecule has 1 amide bonds. The van der Waals surface area contributed by atoms with Gasteiger partial charge in [-0.15, -0.1) is 10.2 Å². The minimum atomic E-state index is -0.363. The maximum Gasteiger partial charge on any atom is 0.238 e. The maximum atomic E-state index is 12.8. The number of furan rings is 1. The zero-order chi connectivity index (χ0) is 18.1. The fraction of sp³-hybridized carbons (Fsp3) is 0.316. The Balaban J connectivity index is 1.62. The highest BCUT2D eigenvalue weighted by molar-refractivity contribution is 8.00. The molecule has 26 heavy (non-hydrogen) atoms. The Morgan fingerprint density at radius 2 is 2.04 bits per heavy atom. The van der Waals surface area contributed by atoms with Crippen LogP contribution in [-0.4, -0.2) is 26.7 Å². The molecule has 2 heterocycles. The van der Waals surface area contributed by atoms with Crippen molar-refractivity contribution in [2.45, 2.75) is 36.2 Å². The van der Waals surface area contributed by atoms with E-state index in [0.717, 1.165) is 35.6 Å². The molecule has 1 aliphatic rings. The van der Waals surface area contributed by atoms with Gasteiger partial charge < -0.3 is 14.3 Å². The molecule has 0 saturated heterocycles. The van der Waals surface area contributed by atoms with Crippen LogP contribution in [-0.2, 0) is 11.8 Å². The van der Waals surface area contributed by atoms with Gasteiger partial charge in [0.15, 0.2) is 11.0 Å². The van der Waals surface area contributed by atoms with E-state index >= 15 is 0 Å². The van der Waals surface area contributed by atoms with Gasteiger partial charge in [-0.1, -0.05) is 42.1 Å². The largest absolute Gasteiger partial charge is 0.469 e. The molecule has 1 N–H and O–H groups in total. The number of benzene rings is 1. The standard InChI is InChI=1S/C19H20N4O2S/c1-12-15(10-11-25-12)17-21-22-19(23(17)2)26-16(13-6-4-3-5-7-13)18(24)20-14-8-9-14/h3-7,10-11,14,16H,8-9H2,1-2H3,(H,20,24)/t16-/m1/s1. The van der Waals surface area contributed by atoms with Gasteiger partial charge >= 0.3 is 0 Å². The van der Waals surface area contributed by atoms with Crippen LogP contribution in [0.5, 0.6) is 0 Å². The predicted molar refractivity (Wildman–Crippen MR) is 99.6 cm³/mol. The molecule has 1 aliphatic carbocycles. The number of carbonyl (C=O) groups is 1. The van der Waals surface area contributed by atoms with E-state index < -0.39 is 0 Å². The molecule has 0 unspecified atom stereocenters. The van der Waals surface area contributed by atoms with Crippen LogP contribution in [0.2, 0.25) is 0 Å². The van der Waals surface area contributed by atoms with Crippen LogP contribution < -0.4 is 5.32 Å². The highest BCUT2D eigenvalue weighted by atomic mass is 32.2. The van der Waals surface area contributed by atoms with Crippen LogP contribution in [0.25, 0.3) is 11.4 Å². The number of hydrogen-bond acceptors (Lipinski definition) is 5. The Kier molecular flexibility index (Phi) is 4.55. The van der Waals surface area contributed by atoms with Crippen LogP contribution >= 0.6 is 11.8 Å². The maximum absolute atomic E-state index is 12.8. The number of carbonyl (C=O) groups excluding carboxylic acids is 1. The Morgan fingerprint density at radius 3 is 2.69 bits per heavy atom. The summed E-state index contributed by atoms with van der Waals surface area (Å²) in [6, 6.07) is 12.0. The van der Waals surface area contributed by atoms with Gasteiger partial charge in [-0.25, -0.2) is 0 Å². The Bertz CT molecular complexity index is 915. The van der Waals surface area contributed by atoms with Crippen molar-refractivity contribution in [1.82, 2.24) is 20.1 Å². The lowest BCUT2D eigenvalue weighted by atomic mass is 10.1. The highest BCUT2D eigenvalue weighted by Crippen LogP contribution is 2.36. The lowest BCUT2D eigenvalue weighted by Gasteiger charge is -2.16. The van der Waals surface area contributed by atoms with Gasteiger partial charge in [0.05, 0.1) is 11.8 Å². The fourth-order valence-electron chi connectivity index (χ4n) is 2.78. The Labute approximate surface area is 156 Å². The van der Waals surface area contributed by atoms with E-state index in [2.05, 4.69) is 15.5 Å². The zero-order valence-corrected chi connectivity index (χ0v) is 15.5. The monoisotopic (exact) mass is 368 g/mol. The second kappa shape index (κ2) is 6.99. The average Bonchev–Trinajstić information content (AvgIpc) is 3.25. The molecule has 1 aromatic carbocycles. The molecular weight excluding hydrogens is 348 g/mol. The lowest BCUT2D eigenvalue weighted by Crippen LogP contribution is -2.29. The number of hydrogen-bond donors (Lipinski definition) is 1. The fourth-order valence-corrected chi connectivity index (χ4v) is 3.79. The molecule has 1 saturated carbocycles. The third kappa shape index (κ3) is 3.39. The predicted octanol–water partition coefficient (Wildman–Crippen LogP) is 3.50. The molecule has 4 rings (SSSR count). The van der Waals surface area contributed by atoms with Crippen LogP contribution in [0.4, 0.5) is 0 Å². The number of aromatic nitrogens is 3. The van der Waals surface area contributed by atoms with Gasteiger partial charge in [0.25, 0.3) is 0 Å². The van der Waals surface area contributed by atoms with E-state index in [-0.39, 0.29) is 11.2 Å². The topological polar surface area (TPSA) is 72.9 Å². The summed E-state index contributed by atoms with van der Waals surface area (Å²) in [6.45, 7) is 1.90. The quantitative estimate of drug-likeness (QED) is 0.674. The molecule has 1 fully saturated rings. The minimum Gasteiger partial charge on any atom is -0.469 e. The van der Waals surface area contributed by atoms with Crippen LogP contribution in [0.3, 0.4) is 0 Å². The highest BCUT2D eigenvalue weighted by Gasteiger charge is 2.30. The summed E-state index contributed by atoms with van der Waals surface area (Å²) in [6.07, 6.45) is 3.76. The summed E-state index contributed by atoms with van der Waals surface area (Å²) in [5.74, 6) is 1.55. The number of thioether (sulfide) groups is 1. The normalized spacial score (nSPS) is 15.0. The smallest absolute Gasteiger partial charge is 0.238 e. The number of rotatable bonds is 6. The van der Waals surface area contributed by atoms with Crippen LogP contribution in [0.15, 0.2) is 52.2 Å². The van der Waals surface area contributed by atoms with Crippen LogP contribution in [0, 0.1) is 6.92 Å². The van der Waals surface area contributed by atoms with Crippen molar-refractivity contribution in [2.24, 2.45) is 7.05 Å². The molecule has 0 bridgehead atoms. The third-order valence-corrected chi connectivity index (χ3v) is 5.71. The summed E-state index contributed by atoms with van der Waals surface area (Å²) >= 11 is 1.42. The van der Waals surface area contributed by atoms with Crippen molar-refractivity contribution in [3.8, 4) is 11.4 Å². The second-order valence-corrected chi connectivity index (χ2v) is 7.52. The summed E-state index contributed by atoms with van der Waals surface area (Å²) < 4.78 is 7.28. The van der Waals surface area contributed by atoms with E-state index in [1.54, 1.807) is 6.26 Å². The average molecular weight is 368 g/mol. The first-order chi connectivity index (χ1) is 12.6. The summed E-state index contributed by atoms with van der Waals surface area (Å²) in [4.78, 5) is 12.8. The zero-order valence-electron chi connectivity index (χ0n) is 14.7. The van der Waals surface area contributed by atoms with E-state index in [9.17, 15) is 4.79 Å². The molecule has 2 aromatic heterocycles. The van der Waals surface area contributed by atoms with Gasteiger partial charge in [-0.2, -0.15) is 0 Å². The van der Waals surface area contributed by atoms with E-state index in [1.807, 2.05) is 54.9 Å². The first-order valence-corrected chi connectivity index (χ1v) is 9.47. The van der Waals surface area contributed by atoms with Crippen molar-refractivity contribution in [3.63, 3.8) is 0 Å². The molecule has 6 nitrogen and oxygen atoms in total.